The van der Waals surface area contributed by atoms with Gasteiger partial charge in [0.25, 0.3) is 0 Å². The number of carbonyl (C=O) groups is 1. The van der Waals surface area contributed by atoms with Crippen LogP contribution in [0.3, 0.4) is 0 Å². The largest absolute Gasteiger partial charge is 0.493 e. The molecule has 0 saturated carbocycles. The fourth-order valence-corrected chi connectivity index (χ4v) is 2.79. The van der Waals surface area contributed by atoms with E-state index in [-0.39, 0.29) is 11.7 Å². The summed E-state index contributed by atoms with van der Waals surface area (Å²) in [7, 11) is 1.68. The predicted molar refractivity (Wildman–Crippen MR) is 93.1 cm³/mol. The number of hydrogen-bond acceptors (Lipinski definition) is 5. The lowest BCUT2D eigenvalue weighted by Crippen LogP contribution is -2.10. The molecule has 4 nitrogen and oxygen atoms in total. The first kappa shape index (κ1) is 17.6. The summed E-state index contributed by atoms with van der Waals surface area (Å²) in [6.07, 6.45) is 3.04. The van der Waals surface area contributed by atoms with E-state index in [1.54, 1.807) is 24.6 Å². The Kier molecular flexibility index (Phi) is 6.74. The molecule has 0 atom stereocenters. The van der Waals surface area contributed by atoms with Gasteiger partial charge < -0.3 is 9.47 Å². The standard InChI is InChI=1S/C18H23NO3S/c1-13(2)16(20)11-14-5-6-15(18-19-7-10-23-18)17(12-14)22-9-4-8-21-3/h5-7,10,12-13H,4,8-9,11H2,1-3H3. The van der Waals surface area contributed by atoms with E-state index in [4.69, 9.17) is 9.47 Å². The zero-order valence-corrected chi connectivity index (χ0v) is 14.7. The number of hydrogen-bond donors (Lipinski definition) is 0. The molecule has 124 valence electrons. The number of thiazole rings is 1. The molecule has 2 rings (SSSR count). The molecule has 0 radical (unpaired) electrons. The Hall–Kier alpha value is -1.72. The highest BCUT2D eigenvalue weighted by molar-refractivity contribution is 7.13. The third kappa shape index (κ3) is 5.15. The Morgan fingerprint density at radius 3 is 2.78 bits per heavy atom. The normalized spacial score (nSPS) is 11.0. The molecule has 0 aliphatic carbocycles. The topological polar surface area (TPSA) is 48.4 Å². The van der Waals surface area contributed by atoms with Crippen molar-refractivity contribution in [3.8, 4) is 16.3 Å². The van der Waals surface area contributed by atoms with Crippen LogP contribution in [0.15, 0.2) is 29.8 Å². The Morgan fingerprint density at radius 2 is 2.13 bits per heavy atom. The highest BCUT2D eigenvalue weighted by atomic mass is 32.1. The van der Waals surface area contributed by atoms with Crippen LogP contribution in [-0.4, -0.2) is 31.1 Å². The van der Waals surface area contributed by atoms with Crippen LogP contribution in [-0.2, 0) is 16.0 Å². The highest BCUT2D eigenvalue weighted by Crippen LogP contribution is 2.32. The summed E-state index contributed by atoms with van der Waals surface area (Å²) < 4.78 is 11.0. The molecule has 1 aromatic carbocycles. The van der Waals surface area contributed by atoms with E-state index in [1.165, 1.54) is 0 Å². The second-order valence-electron chi connectivity index (χ2n) is 5.66. The van der Waals surface area contributed by atoms with Crippen molar-refractivity contribution in [2.24, 2.45) is 5.92 Å². The van der Waals surface area contributed by atoms with E-state index in [9.17, 15) is 4.79 Å². The van der Waals surface area contributed by atoms with E-state index >= 15 is 0 Å². The van der Waals surface area contributed by atoms with Gasteiger partial charge in [0.2, 0.25) is 0 Å². The van der Waals surface area contributed by atoms with Gasteiger partial charge in [-0.15, -0.1) is 11.3 Å². The van der Waals surface area contributed by atoms with Crippen LogP contribution in [0.1, 0.15) is 25.8 Å². The fourth-order valence-electron chi connectivity index (χ4n) is 2.12. The fraction of sp³-hybridized carbons (Fsp3) is 0.444. The van der Waals surface area contributed by atoms with Crippen molar-refractivity contribution in [1.82, 2.24) is 4.98 Å². The van der Waals surface area contributed by atoms with Crippen LogP contribution in [0.2, 0.25) is 0 Å². The SMILES string of the molecule is COCCCOc1cc(CC(=O)C(C)C)ccc1-c1nccs1. The Labute approximate surface area is 141 Å². The van der Waals surface area contributed by atoms with Crippen molar-refractivity contribution >= 4 is 17.1 Å². The predicted octanol–water partition coefficient (Wildman–Crippen LogP) is 3.99. The average molecular weight is 333 g/mol. The third-order valence-electron chi connectivity index (χ3n) is 3.48. The summed E-state index contributed by atoms with van der Waals surface area (Å²) in [6, 6.07) is 5.94. The molecule has 0 aliphatic rings. The van der Waals surface area contributed by atoms with Crippen LogP contribution in [0.4, 0.5) is 0 Å². The van der Waals surface area contributed by atoms with E-state index in [2.05, 4.69) is 4.98 Å². The molecule has 23 heavy (non-hydrogen) atoms. The maximum atomic E-state index is 12.0. The van der Waals surface area contributed by atoms with Gasteiger partial charge in [0.15, 0.2) is 0 Å². The zero-order valence-electron chi connectivity index (χ0n) is 13.9. The van der Waals surface area contributed by atoms with Crippen molar-refractivity contribution < 1.29 is 14.3 Å². The van der Waals surface area contributed by atoms with Crippen molar-refractivity contribution in [3.63, 3.8) is 0 Å². The summed E-state index contributed by atoms with van der Waals surface area (Å²) in [5.41, 5.74) is 1.95. The maximum absolute atomic E-state index is 12.0. The monoisotopic (exact) mass is 333 g/mol. The van der Waals surface area contributed by atoms with Gasteiger partial charge in [-0.2, -0.15) is 0 Å². The molecule has 1 heterocycles. The summed E-state index contributed by atoms with van der Waals surface area (Å²) in [5, 5.41) is 2.87. The first-order valence-electron chi connectivity index (χ1n) is 7.79. The number of aromatic nitrogens is 1. The van der Waals surface area contributed by atoms with Crippen LogP contribution in [0.25, 0.3) is 10.6 Å². The van der Waals surface area contributed by atoms with Gasteiger partial charge in [-0.25, -0.2) is 4.98 Å². The Balaban J connectivity index is 2.19. The average Bonchev–Trinajstić information content (AvgIpc) is 3.06. The van der Waals surface area contributed by atoms with Crippen LogP contribution >= 0.6 is 11.3 Å². The van der Waals surface area contributed by atoms with E-state index in [1.807, 2.05) is 37.4 Å². The number of nitrogens with zero attached hydrogens (tertiary/aromatic N) is 1. The minimum absolute atomic E-state index is 0.0414. The molecule has 0 spiro atoms. The molecule has 0 amide bonds. The van der Waals surface area contributed by atoms with Crippen molar-refractivity contribution in [2.45, 2.75) is 26.7 Å². The molecule has 2 aromatic rings. The molecular formula is C18H23NO3S. The molecule has 0 unspecified atom stereocenters. The first-order valence-corrected chi connectivity index (χ1v) is 8.67. The number of rotatable bonds is 9. The minimum atomic E-state index is 0.0414. The Bertz CT molecular complexity index is 623. The maximum Gasteiger partial charge on any atom is 0.139 e. The van der Waals surface area contributed by atoms with Crippen LogP contribution in [0, 0.1) is 5.92 Å². The molecule has 0 fully saturated rings. The lowest BCUT2D eigenvalue weighted by molar-refractivity contribution is -0.121. The molecule has 0 aliphatic heterocycles. The molecular weight excluding hydrogens is 310 g/mol. The summed E-state index contributed by atoms with van der Waals surface area (Å²) in [4.78, 5) is 16.3. The van der Waals surface area contributed by atoms with Crippen molar-refractivity contribution in [3.05, 3.63) is 35.3 Å². The zero-order chi connectivity index (χ0) is 16.7. The molecule has 5 heteroatoms. The van der Waals surface area contributed by atoms with Gasteiger partial charge in [0.05, 0.1) is 12.2 Å². The molecule has 1 aromatic heterocycles. The van der Waals surface area contributed by atoms with E-state index in [0.717, 1.165) is 28.3 Å². The molecule has 0 bridgehead atoms. The smallest absolute Gasteiger partial charge is 0.139 e. The first-order chi connectivity index (χ1) is 11.1. The van der Waals surface area contributed by atoms with Gasteiger partial charge in [-0.05, 0) is 17.7 Å². The van der Waals surface area contributed by atoms with E-state index < -0.39 is 0 Å². The third-order valence-corrected chi connectivity index (χ3v) is 4.29. The second-order valence-corrected chi connectivity index (χ2v) is 6.55. The van der Waals surface area contributed by atoms with Crippen LogP contribution < -0.4 is 4.74 Å². The quantitative estimate of drug-likeness (QED) is 0.651. The second kappa shape index (κ2) is 8.79. The van der Waals surface area contributed by atoms with Gasteiger partial charge in [0.1, 0.15) is 16.5 Å². The van der Waals surface area contributed by atoms with E-state index in [0.29, 0.717) is 19.6 Å². The number of methoxy groups -OCH3 is 1. The summed E-state index contributed by atoms with van der Waals surface area (Å²) >= 11 is 1.58. The molecule has 0 saturated heterocycles. The van der Waals surface area contributed by atoms with Gasteiger partial charge in [-0.3, -0.25) is 4.79 Å². The van der Waals surface area contributed by atoms with Crippen molar-refractivity contribution in [1.29, 1.82) is 0 Å². The van der Waals surface area contributed by atoms with Crippen molar-refractivity contribution in [2.75, 3.05) is 20.3 Å². The number of ether oxygens (including phenoxy) is 2. The minimum Gasteiger partial charge on any atom is -0.493 e. The summed E-state index contributed by atoms with van der Waals surface area (Å²) in [5.74, 6) is 1.06. The number of ketones is 1. The highest BCUT2D eigenvalue weighted by Gasteiger charge is 2.13. The summed E-state index contributed by atoms with van der Waals surface area (Å²) in [6.45, 7) is 5.09. The number of benzene rings is 1. The molecule has 0 N–H and O–H groups in total. The van der Waals surface area contributed by atoms with Crippen LogP contribution in [0.5, 0.6) is 5.75 Å². The van der Waals surface area contributed by atoms with Gasteiger partial charge in [0, 0.05) is 44.1 Å². The number of carbonyl (C=O) groups excluding carboxylic acids is 1. The lowest BCUT2D eigenvalue weighted by atomic mass is 10.00. The van der Waals surface area contributed by atoms with Gasteiger partial charge in [-0.1, -0.05) is 19.9 Å². The lowest BCUT2D eigenvalue weighted by Gasteiger charge is -2.12. The van der Waals surface area contributed by atoms with Gasteiger partial charge >= 0.3 is 0 Å². The Morgan fingerprint density at radius 1 is 1.30 bits per heavy atom. The number of Topliss-reactive ketones (excluding diaryl/α,β-unsaturated/α-hetero) is 1.